The van der Waals surface area contributed by atoms with Gasteiger partial charge in [0.15, 0.2) is 5.16 Å². The molecule has 0 aliphatic heterocycles. The molecule has 1 N–H and O–H groups in total. The molecule has 0 aliphatic rings. The number of amides is 1. The third-order valence-electron chi connectivity index (χ3n) is 5.25. The molecule has 0 saturated heterocycles. The minimum Gasteiger partial charge on any atom is -0.355 e. The zero-order valence-electron chi connectivity index (χ0n) is 18.6. The van der Waals surface area contributed by atoms with Gasteiger partial charge >= 0.3 is 0 Å². The van der Waals surface area contributed by atoms with E-state index in [2.05, 4.69) is 19.2 Å². The van der Waals surface area contributed by atoms with Crippen LogP contribution in [0.15, 0.2) is 58.5 Å². The maximum atomic E-state index is 13.4. The van der Waals surface area contributed by atoms with Gasteiger partial charge in [0, 0.05) is 11.6 Å². The van der Waals surface area contributed by atoms with Crippen LogP contribution in [0.5, 0.6) is 0 Å². The molecule has 32 heavy (non-hydrogen) atoms. The maximum Gasteiger partial charge on any atom is 0.266 e. The van der Waals surface area contributed by atoms with Crippen molar-refractivity contribution in [2.45, 2.75) is 62.8 Å². The van der Waals surface area contributed by atoms with Crippen molar-refractivity contribution in [2.24, 2.45) is 0 Å². The lowest BCUT2D eigenvalue weighted by Gasteiger charge is -2.19. The second-order valence-electron chi connectivity index (χ2n) is 7.78. The van der Waals surface area contributed by atoms with Crippen molar-refractivity contribution < 1.29 is 4.79 Å². The molecule has 3 aromatic rings. The number of halogens is 1. The molecule has 3 rings (SSSR count). The topological polar surface area (TPSA) is 64.0 Å². The van der Waals surface area contributed by atoms with E-state index < -0.39 is 0 Å². The predicted molar refractivity (Wildman–Crippen MR) is 134 cm³/mol. The predicted octanol–water partition coefficient (Wildman–Crippen LogP) is 6.00. The summed E-state index contributed by atoms with van der Waals surface area (Å²) in [5.41, 5.74) is 1.09. The minimum absolute atomic E-state index is 0.000366. The molecule has 1 unspecified atom stereocenters. The molecule has 0 radical (unpaired) electrons. The normalized spacial score (nSPS) is 12.1. The molecule has 0 aliphatic carbocycles. The van der Waals surface area contributed by atoms with E-state index in [4.69, 9.17) is 16.6 Å². The van der Waals surface area contributed by atoms with Crippen LogP contribution in [-0.4, -0.2) is 27.3 Å². The van der Waals surface area contributed by atoms with Gasteiger partial charge in [0.2, 0.25) is 5.91 Å². The van der Waals surface area contributed by atoms with Gasteiger partial charge < -0.3 is 5.32 Å². The largest absolute Gasteiger partial charge is 0.355 e. The number of benzene rings is 2. The van der Waals surface area contributed by atoms with Gasteiger partial charge in [-0.15, -0.1) is 0 Å². The highest BCUT2D eigenvalue weighted by Gasteiger charge is 2.23. The second-order valence-corrected chi connectivity index (χ2v) is 9.39. The van der Waals surface area contributed by atoms with E-state index in [1.807, 2.05) is 30.3 Å². The van der Waals surface area contributed by atoms with Crippen LogP contribution in [0.2, 0.25) is 5.02 Å². The zero-order valence-corrected chi connectivity index (χ0v) is 20.2. The molecule has 0 saturated carbocycles. The van der Waals surface area contributed by atoms with E-state index in [1.165, 1.54) is 11.8 Å². The van der Waals surface area contributed by atoms with E-state index in [0.717, 1.165) is 38.5 Å². The summed E-state index contributed by atoms with van der Waals surface area (Å²) in [6, 6.07) is 14.4. The Kier molecular flexibility index (Phi) is 9.18. The average molecular weight is 472 g/mol. The molecule has 7 heteroatoms. The molecule has 0 bridgehead atoms. The van der Waals surface area contributed by atoms with Crippen LogP contribution in [-0.2, 0) is 4.79 Å². The first-order valence-corrected chi connectivity index (χ1v) is 12.5. The molecular formula is C25H30ClN3O2S. The van der Waals surface area contributed by atoms with Crippen molar-refractivity contribution in [3.05, 3.63) is 63.9 Å². The van der Waals surface area contributed by atoms with Gasteiger partial charge in [-0.3, -0.25) is 14.2 Å². The van der Waals surface area contributed by atoms with Gasteiger partial charge in [-0.05, 0) is 43.2 Å². The fraction of sp³-hybridized carbons (Fsp3) is 0.400. The molecule has 1 amide bonds. The summed E-state index contributed by atoms with van der Waals surface area (Å²) in [5.74, 6) is -0.000366. The van der Waals surface area contributed by atoms with Gasteiger partial charge in [-0.25, -0.2) is 4.98 Å². The summed E-state index contributed by atoms with van der Waals surface area (Å²) in [4.78, 5) is 31.2. The van der Waals surface area contributed by atoms with Crippen LogP contribution >= 0.6 is 23.4 Å². The summed E-state index contributed by atoms with van der Waals surface area (Å²) in [7, 11) is 0. The molecular weight excluding hydrogens is 442 g/mol. The minimum atomic E-state index is -0.324. The van der Waals surface area contributed by atoms with Crippen molar-refractivity contribution in [1.82, 2.24) is 14.9 Å². The Morgan fingerprint density at radius 2 is 1.88 bits per heavy atom. The van der Waals surface area contributed by atoms with Gasteiger partial charge in [0.25, 0.3) is 5.56 Å². The fourth-order valence-electron chi connectivity index (χ4n) is 3.50. The molecule has 1 atom stereocenters. The lowest BCUT2D eigenvalue weighted by atomic mass is 10.2. The first-order valence-electron chi connectivity index (χ1n) is 11.3. The Balaban J connectivity index is 2.01. The van der Waals surface area contributed by atoms with E-state index in [9.17, 15) is 9.59 Å². The maximum absolute atomic E-state index is 13.4. The van der Waals surface area contributed by atoms with Crippen molar-refractivity contribution in [3.63, 3.8) is 0 Å². The van der Waals surface area contributed by atoms with Crippen LogP contribution in [0.3, 0.4) is 0 Å². The van der Waals surface area contributed by atoms with E-state index in [1.54, 1.807) is 22.8 Å². The number of nitrogens with zero attached hydrogens (tertiary/aromatic N) is 2. The summed E-state index contributed by atoms with van der Waals surface area (Å²) in [6.07, 6.45) is 5.81. The highest BCUT2D eigenvalue weighted by Crippen LogP contribution is 2.29. The van der Waals surface area contributed by atoms with Crippen molar-refractivity contribution >= 4 is 40.2 Å². The van der Waals surface area contributed by atoms with Crippen molar-refractivity contribution in [1.29, 1.82) is 0 Å². The fourth-order valence-corrected chi connectivity index (χ4v) is 4.85. The Hall–Kier alpha value is -2.31. The van der Waals surface area contributed by atoms with Gasteiger partial charge in [-0.1, -0.05) is 81.1 Å². The van der Waals surface area contributed by atoms with E-state index in [-0.39, 0.29) is 16.7 Å². The first-order chi connectivity index (χ1) is 15.5. The number of rotatable bonds is 11. The van der Waals surface area contributed by atoms with Crippen LogP contribution in [0.4, 0.5) is 0 Å². The van der Waals surface area contributed by atoms with Crippen molar-refractivity contribution in [2.75, 3.05) is 6.54 Å². The molecule has 2 aromatic carbocycles. The lowest BCUT2D eigenvalue weighted by molar-refractivity contribution is -0.120. The summed E-state index contributed by atoms with van der Waals surface area (Å²) in [5, 5.41) is 4.32. The number of hydrogen-bond donors (Lipinski definition) is 1. The monoisotopic (exact) mass is 471 g/mol. The molecule has 5 nitrogen and oxygen atoms in total. The van der Waals surface area contributed by atoms with Crippen LogP contribution in [0.25, 0.3) is 16.6 Å². The number of hydrogen-bond acceptors (Lipinski definition) is 4. The second kappa shape index (κ2) is 12.1. The quantitative estimate of drug-likeness (QED) is 0.212. The number of thioether (sulfide) groups is 1. The number of fused-ring (bicyclic) bond motifs is 1. The SMILES string of the molecule is CCCCCNC(=O)C(CCCC)Sc1nc2ccccc2c(=O)n1-c1cccc(Cl)c1. The summed E-state index contributed by atoms with van der Waals surface area (Å²) in [6.45, 7) is 4.92. The van der Waals surface area contributed by atoms with Crippen LogP contribution < -0.4 is 10.9 Å². The Labute approximate surface area is 198 Å². The van der Waals surface area contributed by atoms with Crippen LogP contribution in [0, 0.1) is 0 Å². The van der Waals surface area contributed by atoms with Crippen molar-refractivity contribution in [3.8, 4) is 5.69 Å². The highest BCUT2D eigenvalue weighted by molar-refractivity contribution is 8.00. The van der Waals surface area contributed by atoms with Gasteiger partial charge in [-0.2, -0.15) is 0 Å². The third-order valence-corrected chi connectivity index (χ3v) is 6.70. The first kappa shape index (κ1) is 24.3. The smallest absolute Gasteiger partial charge is 0.266 e. The lowest BCUT2D eigenvalue weighted by Crippen LogP contribution is -2.34. The number of carbonyl (C=O) groups excluding carboxylic acids is 1. The zero-order chi connectivity index (χ0) is 22.9. The molecule has 0 spiro atoms. The highest BCUT2D eigenvalue weighted by atomic mass is 35.5. The average Bonchev–Trinajstić information content (AvgIpc) is 2.79. The number of aromatic nitrogens is 2. The number of unbranched alkanes of at least 4 members (excludes halogenated alkanes) is 3. The number of nitrogens with one attached hydrogen (secondary N) is 1. The third kappa shape index (κ3) is 6.14. The summed E-state index contributed by atoms with van der Waals surface area (Å²) < 4.78 is 1.57. The Morgan fingerprint density at radius 3 is 2.62 bits per heavy atom. The molecule has 170 valence electrons. The van der Waals surface area contributed by atoms with E-state index in [0.29, 0.717) is 33.3 Å². The molecule has 1 aromatic heterocycles. The number of carbonyl (C=O) groups is 1. The molecule has 1 heterocycles. The standard InChI is InChI=1S/C25H30ClN3O2S/c1-3-5-9-16-27-23(30)22(15-6-4-2)32-25-28-21-14-8-7-13-20(21)24(31)29(25)19-12-10-11-18(26)17-19/h7-8,10-14,17,22H,3-6,9,15-16H2,1-2H3,(H,27,30). The Bertz CT molecular complexity index is 1120. The van der Waals surface area contributed by atoms with E-state index >= 15 is 0 Å². The Morgan fingerprint density at radius 1 is 1.09 bits per heavy atom. The van der Waals surface area contributed by atoms with Gasteiger partial charge in [0.05, 0.1) is 21.8 Å². The summed E-state index contributed by atoms with van der Waals surface area (Å²) >= 11 is 7.57. The number of para-hydroxylation sites is 1. The van der Waals surface area contributed by atoms with Crippen LogP contribution in [0.1, 0.15) is 52.4 Å². The van der Waals surface area contributed by atoms with Gasteiger partial charge in [0.1, 0.15) is 0 Å². The molecule has 0 fully saturated rings.